The number of aromatic nitrogens is 3. The van der Waals surface area contributed by atoms with Crippen molar-refractivity contribution in [3.63, 3.8) is 0 Å². The first-order valence-corrected chi connectivity index (χ1v) is 11.9. The highest BCUT2D eigenvalue weighted by Crippen LogP contribution is 2.40. The average Bonchev–Trinajstić information content (AvgIpc) is 3.37. The number of hydrogen-bond acceptors (Lipinski definition) is 8. The van der Waals surface area contributed by atoms with Crippen LogP contribution in [-0.2, 0) is 21.3 Å². The van der Waals surface area contributed by atoms with Gasteiger partial charge in [0.05, 0.1) is 37.0 Å². The van der Waals surface area contributed by atoms with Gasteiger partial charge in [-0.1, -0.05) is 0 Å². The van der Waals surface area contributed by atoms with Crippen molar-refractivity contribution in [2.75, 3.05) is 18.1 Å². The lowest BCUT2D eigenvalue weighted by Crippen LogP contribution is -2.48. The molecular formula is C25H32N4O6. The van der Waals surface area contributed by atoms with E-state index in [2.05, 4.69) is 10.1 Å². The zero-order valence-electron chi connectivity index (χ0n) is 21.0. The van der Waals surface area contributed by atoms with Crippen molar-refractivity contribution in [2.45, 2.75) is 65.7 Å². The Morgan fingerprint density at radius 1 is 1.17 bits per heavy atom. The Balaban J connectivity index is 1.96. The van der Waals surface area contributed by atoms with Crippen LogP contribution in [0.5, 0.6) is 0 Å². The molecule has 0 spiro atoms. The molecule has 2 unspecified atom stereocenters. The van der Waals surface area contributed by atoms with E-state index in [4.69, 9.17) is 18.6 Å². The molecular weight excluding hydrogens is 452 g/mol. The first-order chi connectivity index (χ1) is 16.7. The zero-order chi connectivity index (χ0) is 25.3. The number of aryl methyl sites for hydroxylation is 2. The standard InChI is InChI=1S/C25H32N4O6/c1-7-32-24(30)22-21(29(25(31)33-8-2)18-9-14(3)34-15(4)10-18)20-11-19(16(5)27-23(20)35-22)17-12-26-28(6)13-17/h11-15,18H,7-10H2,1-6H3. The van der Waals surface area contributed by atoms with Crippen molar-refractivity contribution >= 4 is 28.8 Å². The Labute approximate surface area is 204 Å². The molecule has 1 aliphatic rings. The van der Waals surface area contributed by atoms with Gasteiger partial charge < -0.3 is 18.6 Å². The molecule has 1 aliphatic heterocycles. The van der Waals surface area contributed by atoms with Gasteiger partial charge in [0.25, 0.3) is 0 Å². The largest absolute Gasteiger partial charge is 0.460 e. The predicted molar refractivity (Wildman–Crippen MR) is 129 cm³/mol. The quantitative estimate of drug-likeness (QED) is 0.466. The van der Waals surface area contributed by atoms with Gasteiger partial charge in [-0.25, -0.2) is 14.6 Å². The van der Waals surface area contributed by atoms with Gasteiger partial charge in [-0.05, 0) is 53.5 Å². The van der Waals surface area contributed by atoms with Gasteiger partial charge in [-0.3, -0.25) is 9.58 Å². The molecule has 3 aromatic heterocycles. The molecule has 1 fully saturated rings. The van der Waals surface area contributed by atoms with Gasteiger partial charge in [-0.2, -0.15) is 5.10 Å². The molecule has 1 amide bonds. The third-order valence-electron chi connectivity index (χ3n) is 6.07. The van der Waals surface area contributed by atoms with E-state index in [1.54, 1.807) is 24.7 Å². The van der Waals surface area contributed by atoms with E-state index in [0.717, 1.165) is 11.1 Å². The minimum atomic E-state index is -0.663. The molecule has 0 aromatic carbocycles. The number of fused-ring (bicyclic) bond motifs is 1. The third kappa shape index (κ3) is 4.88. The molecule has 0 N–H and O–H groups in total. The van der Waals surface area contributed by atoms with Crippen LogP contribution >= 0.6 is 0 Å². The van der Waals surface area contributed by atoms with Crippen LogP contribution in [0, 0.1) is 6.92 Å². The van der Waals surface area contributed by atoms with E-state index in [1.807, 2.05) is 40.1 Å². The Bertz CT molecular complexity index is 1220. The van der Waals surface area contributed by atoms with Crippen LogP contribution in [0.2, 0.25) is 0 Å². The Morgan fingerprint density at radius 2 is 1.86 bits per heavy atom. The number of pyridine rings is 1. The number of amides is 1. The van der Waals surface area contributed by atoms with Crippen molar-refractivity contribution in [3.05, 3.63) is 29.9 Å². The summed E-state index contributed by atoms with van der Waals surface area (Å²) < 4.78 is 24.3. The normalized spacial score (nSPS) is 20.1. The Hall–Kier alpha value is -3.40. The summed E-state index contributed by atoms with van der Waals surface area (Å²) in [6.45, 7) is 9.61. The van der Waals surface area contributed by atoms with E-state index in [1.165, 1.54) is 4.90 Å². The van der Waals surface area contributed by atoms with E-state index in [9.17, 15) is 9.59 Å². The molecule has 10 nitrogen and oxygen atoms in total. The smallest absolute Gasteiger partial charge is 0.414 e. The fourth-order valence-corrected chi connectivity index (χ4v) is 4.72. The van der Waals surface area contributed by atoms with E-state index in [0.29, 0.717) is 29.6 Å². The molecule has 0 aliphatic carbocycles. The highest BCUT2D eigenvalue weighted by molar-refractivity contribution is 6.09. The lowest BCUT2D eigenvalue weighted by Gasteiger charge is -2.38. The summed E-state index contributed by atoms with van der Waals surface area (Å²) >= 11 is 0. The monoisotopic (exact) mass is 484 g/mol. The third-order valence-corrected chi connectivity index (χ3v) is 6.07. The topological polar surface area (TPSA) is 109 Å². The number of nitrogens with zero attached hydrogens (tertiary/aromatic N) is 4. The first kappa shape index (κ1) is 24.7. The minimum absolute atomic E-state index is 0.0723. The maximum atomic E-state index is 13.4. The number of rotatable bonds is 6. The maximum Gasteiger partial charge on any atom is 0.414 e. The van der Waals surface area contributed by atoms with Crippen LogP contribution < -0.4 is 4.90 Å². The van der Waals surface area contributed by atoms with Crippen LogP contribution in [0.4, 0.5) is 10.5 Å². The average molecular weight is 485 g/mol. The van der Waals surface area contributed by atoms with Gasteiger partial charge in [0.15, 0.2) is 0 Å². The highest BCUT2D eigenvalue weighted by atomic mass is 16.6. The predicted octanol–water partition coefficient (Wildman–Crippen LogP) is 4.63. The summed E-state index contributed by atoms with van der Waals surface area (Å²) in [4.78, 5) is 32.6. The number of esters is 1. The van der Waals surface area contributed by atoms with Crippen molar-refractivity contribution in [1.82, 2.24) is 14.8 Å². The van der Waals surface area contributed by atoms with Crippen LogP contribution in [0.15, 0.2) is 22.9 Å². The van der Waals surface area contributed by atoms with Gasteiger partial charge in [-0.15, -0.1) is 0 Å². The minimum Gasteiger partial charge on any atom is -0.460 e. The summed E-state index contributed by atoms with van der Waals surface area (Å²) in [5, 5.41) is 4.79. The van der Waals surface area contributed by atoms with Crippen molar-refractivity contribution in [1.29, 1.82) is 0 Å². The second-order valence-corrected chi connectivity index (χ2v) is 8.83. The molecule has 0 bridgehead atoms. The first-order valence-electron chi connectivity index (χ1n) is 11.9. The summed E-state index contributed by atoms with van der Waals surface area (Å²) in [5.41, 5.74) is 2.94. The van der Waals surface area contributed by atoms with Crippen LogP contribution in [0.25, 0.3) is 22.2 Å². The number of anilines is 1. The highest BCUT2D eigenvalue weighted by Gasteiger charge is 2.39. The van der Waals surface area contributed by atoms with Gasteiger partial charge >= 0.3 is 12.1 Å². The van der Waals surface area contributed by atoms with Gasteiger partial charge in [0.2, 0.25) is 11.5 Å². The molecule has 1 saturated heterocycles. The summed E-state index contributed by atoms with van der Waals surface area (Å²) in [7, 11) is 1.84. The number of carbonyl (C=O) groups excluding carboxylic acids is 2. The summed E-state index contributed by atoms with van der Waals surface area (Å²) in [6, 6.07) is 1.61. The SMILES string of the molecule is CCOC(=O)c1oc2nc(C)c(-c3cnn(C)c3)cc2c1N(C(=O)OCC)C1CC(C)OC(C)C1. The number of furan rings is 1. The maximum absolute atomic E-state index is 13.4. The number of ether oxygens (including phenoxy) is 3. The fourth-order valence-electron chi connectivity index (χ4n) is 4.72. The van der Waals surface area contributed by atoms with Crippen molar-refractivity contribution in [3.8, 4) is 11.1 Å². The fraction of sp³-hybridized carbons (Fsp3) is 0.520. The van der Waals surface area contributed by atoms with Gasteiger partial charge in [0.1, 0.15) is 5.69 Å². The molecule has 3 aromatic rings. The molecule has 10 heteroatoms. The number of hydrogen-bond donors (Lipinski definition) is 0. The molecule has 4 rings (SSSR count). The Morgan fingerprint density at radius 3 is 2.46 bits per heavy atom. The summed E-state index contributed by atoms with van der Waals surface area (Å²) in [6.07, 6.45) is 4.07. The van der Waals surface area contributed by atoms with Crippen LogP contribution in [0.1, 0.15) is 56.8 Å². The van der Waals surface area contributed by atoms with E-state index >= 15 is 0 Å². The lowest BCUT2D eigenvalue weighted by molar-refractivity contribution is -0.0374. The Kier molecular flexibility index (Phi) is 7.11. The van der Waals surface area contributed by atoms with Crippen molar-refractivity contribution < 1.29 is 28.2 Å². The second-order valence-electron chi connectivity index (χ2n) is 8.83. The second kappa shape index (κ2) is 10.1. The van der Waals surface area contributed by atoms with Crippen LogP contribution in [-0.4, -0.2) is 58.3 Å². The number of carbonyl (C=O) groups is 2. The molecule has 0 saturated carbocycles. The van der Waals surface area contributed by atoms with E-state index in [-0.39, 0.29) is 42.9 Å². The molecule has 2 atom stereocenters. The van der Waals surface area contributed by atoms with Gasteiger partial charge in [0, 0.05) is 36.1 Å². The van der Waals surface area contributed by atoms with Crippen LogP contribution in [0.3, 0.4) is 0 Å². The molecule has 35 heavy (non-hydrogen) atoms. The lowest BCUT2D eigenvalue weighted by atomic mass is 9.97. The van der Waals surface area contributed by atoms with E-state index < -0.39 is 12.1 Å². The summed E-state index contributed by atoms with van der Waals surface area (Å²) in [5.74, 6) is -0.736. The molecule has 188 valence electrons. The molecule has 4 heterocycles. The zero-order valence-corrected chi connectivity index (χ0v) is 21.0. The van der Waals surface area contributed by atoms with Crippen molar-refractivity contribution in [2.24, 2.45) is 7.05 Å². The molecule has 0 radical (unpaired) electrons.